The molecule has 4 saturated heterocycles. The first kappa shape index (κ1) is 77.2. The Balaban J connectivity index is 0.000000237. The molecule has 4 aliphatic rings. The van der Waals surface area contributed by atoms with Crippen LogP contribution in [-0.4, -0.2) is 177 Å². The molecule has 4 aromatic heterocycles. The Hall–Kier alpha value is -8.98. The number of rotatable bonds is 18. The Morgan fingerprint density at radius 1 is 0.480 bits per heavy atom. The Bertz CT molecular complexity index is 3760. The molecular weight excluding hydrogens is 1370 g/mol. The summed E-state index contributed by atoms with van der Waals surface area (Å²) in [6, 6.07) is 0.651. The van der Waals surface area contributed by atoms with E-state index in [0.717, 1.165) is 23.3 Å². The molecule has 0 N–H and O–H groups in total. The smallest absolute Gasteiger partial charge is 0.416 e. The minimum Gasteiger partial charge on any atom is -0.468 e. The number of alkyl halides is 12. The van der Waals surface area contributed by atoms with Gasteiger partial charge in [0.1, 0.15) is 17.8 Å². The van der Waals surface area contributed by atoms with Crippen molar-refractivity contribution in [1.29, 1.82) is 0 Å². The average Bonchev–Trinajstić information content (AvgIpc) is 1.28. The molecular formula is C68H82F12N14O8. The van der Waals surface area contributed by atoms with Crippen molar-refractivity contribution in [2.75, 3.05) is 49.6 Å². The van der Waals surface area contributed by atoms with E-state index in [4.69, 9.17) is 14.2 Å². The molecule has 102 heavy (non-hydrogen) atoms. The van der Waals surface area contributed by atoms with Gasteiger partial charge in [0, 0.05) is 136 Å². The third-order valence-corrected chi connectivity index (χ3v) is 18.3. The molecule has 556 valence electrons. The number of nitrogens with zero attached hydrogens (tertiary/aromatic N) is 14. The van der Waals surface area contributed by atoms with Gasteiger partial charge in [0.2, 0.25) is 11.9 Å². The van der Waals surface area contributed by atoms with Crippen molar-refractivity contribution in [3.05, 3.63) is 119 Å². The van der Waals surface area contributed by atoms with Crippen LogP contribution in [0.3, 0.4) is 0 Å². The van der Waals surface area contributed by atoms with Crippen molar-refractivity contribution in [2.45, 2.75) is 192 Å². The van der Waals surface area contributed by atoms with Crippen molar-refractivity contribution >= 4 is 36.1 Å². The molecule has 0 bridgehead atoms. The SMILES string of the molecule is CC[C@@H]1CC(N(Cc2cc(C(F)(F)F)cc(C(F)(F)F)c2)c2ncc(-c3cnn(C)c3)cn2)C[C@H](CC)N1C(=O)OC1CN(C(=O)OC(C)(C)C)C1.CC[C@@H]1CC(N(Cc2cc(C(F)(F)F)cc(C(F)(F)F)c2)c2ncc(-c3cnn(C)c3)cn2)C[C@H](CC)N1C(=O)OC1CN(CC(=O)OC)C1. The van der Waals surface area contributed by atoms with Crippen molar-refractivity contribution in [1.82, 2.24) is 59.1 Å². The summed E-state index contributed by atoms with van der Waals surface area (Å²) in [5.74, 6) is -0.162. The summed E-state index contributed by atoms with van der Waals surface area (Å²) in [4.78, 5) is 79.0. The second kappa shape index (κ2) is 31.3. The summed E-state index contributed by atoms with van der Waals surface area (Å²) in [6.45, 7) is 13.3. The predicted molar refractivity (Wildman–Crippen MR) is 347 cm³/mol. The average molecular weight is 1450 g/mol. The number of anilines is 2. The Morgan fingerprint density at radius 3 is 1.10 bits per heavy atom. The van der Waals surface area contributed by atoms with Gasteiger partial charge in [-0.1, -0.05) is 27.7 Å². The van der Waals surface area contributed by atoms with Crippen LogP contribution < -0.4 is 9.80 Å². The normalized spacial score (nSPS) is 20.2. The van der Waals surface area contributed by atoms with E-state index in [-0.39, 0.29) is 92.0 Å². The highest BCUT2D eigenvalue weighted by atomic mass is 19.4. The van der Waals surface area contributed by atoms with Crippen LogP contribution in [0.4, 0.5) is 79.0 Å². The predicted octanol–water partition coefficient (Wildman–Crippen LogP) is 13.6. The largest absolute Gasteiger partial charge is 0.468 e. The number of carbonyl (C=O) groups excluding carboxylic acids is 4. The van der Waals surface area contributed by atoms with E-state index >= 15 is 0 Å². The molecule has 8 heterocycles. The molecule has 0 spiro atoms. The number of ether oxygens (including phenoxy) is 4. The van der Waals surface area contributed by atoms with Crippen molar-refractivity contribution in [3.63, 3.8) is 0 Å². The van der Waals surface area contributed by atoms with Gasteiger partial charge in [0.05, 0.1) is 61.4 Å². The molecule has 4 fully saturated rings. The van der Waals surface area contributed by atoms with E-state index in [2.05, 4.69) is 34.9 Å². The second-order valence-electron chi connectivity index (χ2n) is 26.9. The zero-order valence-electron chi connectivity index (χ0n) is 57.9. The third kappa shape index (κ3) is 19.2. The minimum absolute atomic E-state index is 0.0859. The maximum Gasteiger partial charge on any atom is 0.416 e. The number of hydrogen-bond acceptors (Lipinski definition) is 17. The summed E-state index contributed by atoms with van der Waals surface area (Å²) < 4.78 is 191. The number of hydrogen-bond donors (Lipinski definition) is 0. The summed E-state index contributed by atoms with van der Waals surface area (Å²) in [6.07, 6.45) is -6.39. The molecule has 6 atom stereocenters. The standard InChI is InChI=1S/C35H43F6N7O4.C33H39F6N7O4/c1-7-26-12-28(13-27(8-2)48(26)32(50)51-29-19-46(20-29)31(49)52-33(3,4)5)47(30-42-14-22(15-43-30)23-16-44-45(6)18-23)17-21-9-24(34(36,37)38)11-25(10-21)35(39,40)41;1-5-25-10-27(11-26(6-2)46(25)31(48)50-28-17-44(18-28)19-29(47)49-4)45(30-40-12-21(13-41-30)22-14-42-43(3)16-22)15-20-7-23(32(34,35)36)9-24(8-20)33(37,38)39/h9-11,14-16,18,26-29H,7-8,12-13,17,19-20H2,1-6H3;7-9,12-14,16,25-28H,5-6,10-11,15,17-19H2,1-4H3/t26-,27+,28?;25-,26+,27?. The molecule has 0 radical (unpaired) electrons. The number of amides is 3. The van der Waals surface area contributed by atoms with E-state index in [1.807, 2.05) is 27.7 Å². The lowest BCUT2D eigenvalue weighted by molar-refractivity contribution is -0.145. The van der Waals surface area contributed by atoms with E-state index in [1.54, 1.807) is 93.5 Å². The monoisotopic (exact) mass is 1450 g/mol. The molecule has 3 amide bonds. The number of halogens is 12. The maximum absolute atomic E-state index is 13.8. The zero-order chi connectivity index (χ0) is 74.6. The third-order valence-electron chi connectivity index (χ3n) is 18.3. The van der Waals surface area contributed by atoms with Crippen molar-refractivity contribution < 1.29 is 90.8 Å². The summed E-state index contributed by atoms with van der Waals surface area (Å²) in [5, 5.41) is 8.29. The van der Waals surface area contributed by atoms with E-state index in [1.165, 1.54) is 36.8 Å². The molecule has 22 nitrogen and oxygen atoms in total. The van der Waals surface area contributed by atoms with Gasteiger partial charge in [0.25, 0.3) is 0 Å². The molecule has 10 rings (SSSR count). The van der Waals surface area contributed by atoms with Gasteiger partial charge < -0.3 is 43.4 Å². The molecule has 34 heteroatoms. The number of aryl methyl sites for hydroxylation is 2. The highest BCUT2D eigenvalue weighted by molar-refractivity contribution is 5.73. The van der Waals surface area contributed by atoms with Crippen LogP contribution in [0, 0.1) is 0 Å². The minimum atomic E-state index is -5.01. The van der Waals surface area contributed by atoms with Gasteiger partial charge in [-0.2, -0.15) is 62.9 Å². The van der Waals surface area contributed by atoms with Gasteiger partial charge in [-0.05, 0) is 120 Å². The number of likely N-dealkylation sites (tertiary alicyclic amines) is 4. The van der Waals surface area contributed by atoms with E-state index in [9.17, 15) is 71.9 Å². The van der Waals surface area contributed by atoms with Crippen LogP contribution in [0.25, 0.3) is 22.3 Å². The number of methoxy groups -OCH3 is 1. The Morgan fingerprint density at radius 2 is 0.814 bits per heavy atom. The summed E-state index contributed by atoms with van der Waals surface area (Å²) in [7, 11) is 4.78. The fourth-order valence-electron chi connectivity index (χ4n) is 13.1. The molecule has 4 aliphatic heterocycles. The number of piperidine rings is 2. The summed E-state index contributed by atoms with van der Waals surface area (Å²) >= 11 is 0. The van der Waals surface area contributed by atoms with Crippen molar-refractivity contribution in [3.8, 4) is 22.3 Å². The number of aromatic nitrogens is 8. The first-order valence-electron chi connectivity index (χ1n) is 33.3. The molecule has 2 unspecified atom stereocenters. The van der Waals surface area contributed by atoms with Crippen molar-refractivity contribution in [2.24, 2.45) is 14.1 Å². The van der Waals surface area contributed by atoms with Gasteiger partial charge in [-0.3, -0.25) is 19.1 Å². The topological polar surface area (TPSA) is 212 Å². The van der Waals surface area contributed by atoms with Gasteiger partial charge in [-0.25, -0.2) is 34.3 Å². The first-order chi connectivity index (χ1) is 47.8. The number of carbonyl (C=O) groups is 4. The molecule has 0 aliphatic carbocycles. The molecule has 0 saturated carbocycles. The lowest BCUT2D eigenvalue weighted by Crippen LogP contribution is -2.60. The van der Waals surface area contributed by atoms with Crippen LogP contribution in [0.5, 0.6) is 0 Å². The molecule has 6 aromatic rings. The number of benzene rings is 2. The fraction of sp³-hybridized carbons (Fsp3) is 0.559. The number of esters is 1. The van der Waals surface area contributed by atoms with E-state index < -0.39 is 101 Å². The Kier molecular flexibility index (Phi) is 23.7. The zero-order valence-corrected chi connectivity index (χ0v) is 57.9. The fourth-order valence-corrected chi connectivity index (χ4v) is 13.1. The van der Waals surface area contributed by atoms with Crippen LogP contribution in [-0.2, 0) is 75.6 Å². The van der Waals surface area contributed by atoms with E-state index in [0.29, 0.717) is 87.7 Å². The van der Waals surface area contributed by atoms with Crippen LogP contribution in [0.1, 0.15) is 133 Å². The highest BCUT2D eigenvalue weighted by Crippen LogP contribution is 2.42. The van der Waals surface area contributed by atoms with Gasteiger partial charge >= 0.3 is 49.0 Å². The maximum atomic E-state index is 13.8. The lowest BCUT2D eigenvalue weighted by atomic mass is 9.87. The molecule has 2 aromatic carbocycles. The van der Waals surface area contributed by atoms with Gasteiger partial charge in [-0.15, -0.1) is 0 Å². The van der Waals surface area contributed by atoms with Crippen LogP contribution >= 0.6 is 0 Å². The van der Waals surface area contributed by atoms with Crippen LogP contribution in [0.2, 0.25) is 0 Å². The van der Waals surface area contributed by atoms with Crippen LogP contribution in [0.15, 0.2) is 86.0 Å². The van der Waals surface area contributed by atoms with Gasteiger partial charge in [0.15, 0.2) is 0 Å². The Labute approximate surface area is 581 Å². The first-order valence-corrected chi connectivity index (χ1v) is 33.3. The lowest BCUT2D eigenvalue weighted by Gasteiger charge is -2.48. The quantitative estimate of drug-likeness (QED) is 0.0445. The second-order valence-corrected chi connectivity index (χ2v) is 26.9. The highest BCUT2D eigenvalue weighted by Gasteiger charge is 2.47. The summed E-state index contributed by atoms with van der Waals surface area (Å²) in [5.41, 5.74) is -4.07.